The molecule has 0 bridgehead atoms. The van der Waals surface area contributed by atoms with Crippen molar-refractivity contribution >= 4 is 23.2 Å². The molecule has 0 aliphatic heterocycles. The minimum absolute atomic E-state index is 0.358. The van der Waals surface area contributed by atoms with Gasteiger partial charge in [-0.05, 0) is 24.8 Å². The van der Waals surface area contributed by atoms with Gasteiger partial charge in [0.15, 0.2) is 11.5 Å². The number of ether oxygens (including phenoxy) is 2. The predicted octanol–water partition coefficient (Wildman–Crippen LogP) is 4.90. The number of hydrogen-bond donors (Lipinski definition) is 0. The van der Waals surface area contributed by atoms with E-state index in [1.165, 1.54) is 0 Å². The number of methoxy groups -OCH3 is 1. The smallest absolute Gasteiger partial charge is 0.165 e. The molecular weight excluding hydrogens is 271 g/mol. The molecule has 0 fully saturated rings. The molecule has 0 unspecified atom stereocenters. The lowest BCUT2D eigenvalue weighted by atomic mass is 10.1. The maximum atomic E-state index is 5.99. The van der Waals surface area contributed by atoms with Crippen LogP contribution in [-0.4, -0.2) is 13.7 Å². The van der Waals surface area contributed by atoms with Crippen molar-refractivity contribution in [2.45, 2.75) is 32.6 Å². The second-order valence-corrected chi connectivity index (χ2v) is 5.32. The molecule has 0 heterocycles. The van der Waals surface area contributed by atoms with Crippen LogP contribution < -0.4 is 9.47 Å². The molecule has 1 aromatic carbocycles. The van der Waals surface area contributed by atoms with Crippen LogP contribution in [0.15, 0.2) is 12.1 Å². The van der Waals surface area contributed by atoms with Crippen molar-refractivity contribution < 1.29 is 9.47 Å². The molecule has 0 aromatic heterocycles. The van der Waals surface area contributed by atoms with Crippen molar-refractivity contribution in [1.82, 2.24) is 0 Å². The van der Waals surface area contributed by atoms with Gasteiger partial charge < -0.3 is 9.47 Å². The molecule has 0 spiro atoms. The summed E-state index contributed by atoms with van der Waals surface area (Å²) in [6.45, 7) is 5.07. The Hall–Kier alpha value is -0.600. The highest BCUT2D eigenvalue weighted by Crippen LogP contribution is 2.35. The third-order valence-corrected chi connectivity index (χ3v) is 3.14. The largest absolute Gasteiger partial charge is 0.493 e. The van der Waals surface area contributed by atoms with E-state index in [0.29, 0.717) is 34.9 Å². The van der Waals surface area contributed by atoms with Crippen LogP contribution in [0.25, 0.3) is 0 Å². The molecule has 1 rings (SSSR count). The van der Waals surface area contributed by atoms with Gasteiger partial charge in [-0.1, -0.05) is 25.4 Å². The first-order chi connectivity index (χ1) is 8.58. The first-order valence-corrected chi connectivity index (χ1v) is 7.05. The minimum atomic E-state index is 0.358. The van der Waals surface area contributed by atoms with Crippen LogP contribution in [-0.2, 0) is 5.88 Å². The normalized spacial score (nSPS) is 10.8. The fourth-order valence-electron chi connectivity index (χ4n) is 1.70. The number of benzene rings is 1. The molecule has 0 aliphatic rings. The van der Waals surface area contributed by atoms with E-state index in [-0.39, 0.29) is 0 Å². The molecule has 0 saturated heterocycles. The van der Waals surface area contributed by atoms with E-state index < -0.39 is 0 Å². The summed E-state index contributed by atoms with van der Waals surface area (Å²) in [5.41, 5.74) is 0.866. The van der Waals surface area contributed by atoms with Gasteiger partial charge in [0.1, 0.15) is 0 Å². The van der Waals surface area contributed by atoms with Crippen molar-refractivity contribution in [1.29, 1.82) is 0 Å². The van der Waals surface area contributed by atoms with E-state index in [9.17, 15) is 0 Å². The number of rotatable bonds is 7. The molecule has 0 saturated carbocycles. The molecule has 102 valence electrons. The highest BCUT2D eigenvalue weighted by Gasteiger charge is 2.12. The molecule has 0 radical (unpaired) electrons. The van der Waals surface area contributed by atoms with Crippen LogP contribution in [0.1, 0.15) is 32.3 Å². The zero-order chi connectivity index (χ0) is 13.5. The summed E-state index contributed by atoms with van der Waals surface area (Å²) in [4.78, 5) is 0. The predicted molar refractivity (Wildman–Crippen MR) is 77.1 cm³/mol. The Labute approximate surface area is 119 Å². The average molecular weight is 291 g/mol. The Morgan fingerprint density at radius 1 is 1.28 bits per heavy atom. The lowest BCUT2D eigenvalue weighted by Crippen LogP contribution is -2.03. The van der Waals surface area contributed by atoms with Gasteiger partial charge in [0.2, 0.25) is 0 Å². The van der Waals surface area contributed by atoms with E-state index >= 15 is 0 Å². The van der Waals surface area contributed by atoms with Gasteiger partial charge in [0.05, 0.1) is 19.6 Å². The molecule has 0 N–H and O–H groups in total. The van der Waals surface area contributed by atoms with Crippen LogP contribution in [0.5, 0.6) is 11.5 Å². The Morgan fingerprint density at radius 2 is 2.00 bits per heavy atom. The van der Waals surface area contributed by atoms with Gasteiger partial charge >= 0.3 is 0 Å². The van der Waals surface area contributed by atoms with Gasteiger partial charge in [0.25, 0.3) is 0 Å². The Bertz CT molecular complexity index is 353. The highest BCUT2D eigenvalue weighted by molar-refractivity contribution is 6.31. The zero-order valence-corrected chi connectivity index (χ0v) is 12.6. The SMILES string of the molecule is COc1cc(Cl)cc(CCl)c1OCCCC(C)C. The van der Waals surface area contributed by atoms with Crippen LogP contribution in [0.4, 0.5) is 0 Å². The minimum Gasteiger partial charge on any atom is -0.493 e. The van der Waals surface area contributed by atoms with E-state index in [0.717, 1.165) is 18.4 Å². The molecule has 0 aliphatic carbocycles. The second kappa shape index (κ2) is 7.75. The summed E-state index contributed by atoms with van der Waals surface area (Å²) < 4.78 is 11.1. The van der Waals surface area contributed by atoms with Crippen LogP contribution >= 0.6 is 23.2 Å². The summed E-state index contributed by atoms with van der Waals surface area (Å²) in [5.74, 6) is 2.40. The van der Waals surface area contributed by atoms with E-state index in [4.69, 9.17) is 32.7 Å². The molecular formula is C14H20Cl2O2. The first kappa shape index (κ1) is 15.5. The van der Waals surface area contributed by atoms with Gasteiger partial charge in [-0.15, -0.1) is 11.6 Å². The van der Waals surface area contributed by atoms with Gasteiger partial charge in [-0.2, -0.15) is 0 Å². The Morgan fingerprint density at radius 3 is 2.56 bits per heavy atom. The van der Waals surface area contributed by atoms with E-state index in [1.807, 2.05) is 6.07 Å². The fourth-order valence-corrected chi connectivity index (χ4v) is 2.13. The van der Waals surface area contributed by atoms with Crippen molar-refractivity contribution in [2.75, 3.05) is 13.7 Å². The number of hydrogen-bond acceptors (Lipinski definition) is 2. The van der Waals surface area contributed by atoms with Crippen molar-refractivity contribution in [3.05, 3.63) is 22.7 Å². The average Bonchev–Trinajstić information content (AvgIpc) is 2.34. The third-order valence-electron chi connectivity index (χ3n) is 2.63. The lowest BCUT2D eigenvalue weighted by molar-refractivity contribution is 0.277. The molecule has 18 heavy (non-hydrogen) atoms. The fraction of sp³-hybridized carbons (Fsp3) is 0.571. The topological polar surface area (TPSA) is 18.5 Å². The highest BCUT2D eigenvalue weighted by atomic mass is 35.5. The van der Waals surface area contributed by atoms with Crippen LogP contribution in [0.3, 0.4) is 0 Å². The summed E-state index contributed by atoms with van der Waals surface area (Å²) in [7, 11) is 1.60. The molecule has 1 aromatic rings. The summed E-state index contributed by atoms with van der Waals surface area (Å²) >= 11 is 11.9. The molecule has 2 nitrogen and oxygen atoms in total. The first-order valence-electron chi connectivity index (χ1n) is 6.13. The van der Waals surface area contributed by atoms with E-state index in [2.05, 4.69) is 13.8 Å². The Balaban J connectivity index is 2.73. The molecule has 4 heteroatoms. The zero-order valence-electron chi connectivity index (χ0n) is 11.1. The van der Waals surface area contributed by atoms with Crippen molar-refractivity contribution in [2.24, 2.45) is 5.92 Å². The maximum absolute atomic E-state index is 5.99. The van der Waals surface area contributed by atoms with Gasteiger partial charge in [-0.3, -0.25) is 0 Å². The van der Waals surface area contributed by atoms with E-state index in [1.54, 1.807) is 13.2 Å². The maximum Gasteiger partial charge on any atom is 0.165 e. The molecule has 0 atom stereocenters. The van der Waals surface area contributed by atoms with Gasteiger partial charge in [-0.25, -0.2) is 0 Å². The summed E-state index contributed by atoms with van der Waals surface area (Å²) in [6, 6.07) is 3.56. The second-order valence-electron chi connectivity index (χ2n) is 4.61. The number of alkyl halides is 1. The monoisotopic (exact) mass is 290 g/mol. The van der Waals surface area contributed by atoms with Crippen LogP contribution in [0.2, 0.25) is 5.02 Å². The summed E-state index contributed by atoms with van der Waals surface area (Å²) in [5, 5.41) is 0.608. The standard InChI is InChI=1S/C14H20Cl2O2/c1-10(2)5-4-6-18-14-11(9-15)7-12(16)8-13(14)17-3/h7-8,10H,4-6,9H2,1-3H3. The quantitative estimate of drug-likeness (QED) is 0.525. The van der Waals surface area contributed by atoms with Crippen molar-refractivity contribution in [3.63, 3.8) is 0 Å². The summed E-state index contributed by atoms with van der Waals surface area (Å²) in [6.07, 6.45) is 2.16. The molecule has 0 amide bonds. The lowest BCUT2D eigenvalue weighted by Gasteiger charge is -2.15. The third kappa shape index (κ3) is 4.58. The number of halogens is 2. The van der Waals surface area contributed by atoms with Gasteiger partial charge in [0, 0.05) is 16.7 Å². The van der Waals surface area contributed by atoms with Crippen LogP contribution in [0, 0.1) is 5.92 Å². The Kier molecular flexibility index (Phi) is 6.66. The van der Waals surface area contributed by atoms with Crippen molar-refractivity contribution in [3.8, 4) is 11.5 Å².